The van der Waals surface area contributed by atoms with Crippen molar-refractivity contribution in [3.63, 3.8) is 0 Å². The van der Waals surface area contributed by atoms with Gasteiger partial charge >= 0.3 is 12.0 Å². The Balaban J connectivity index is 2.25. The number of urea groups is 1. The van der Waals surface area contributed by atoms with Crippen LogP contribution in [0, 0.1) is 6.92 Å². The van der Waals surface area contributed by atoms with Gasteiger partial charge in [-0.05, 0) is 30.9 Å². The molecule has 0 aliphatic carbocycles. The van der Waals surface area contributed by atoms with Gasteiger partial charge < -0.3 is 15.3 Å². The van der Waals surface area contributed by atoms with E-state index in [0.29, 0.717) is 19.5 Å². The van der Waals surface area contributed by atoms with E-state index in [4.69, 9.17) is 5.11 Å². The molecule has 2 N–H and O–H groups in total. The fourth-order valence-electron chi connectivity index (χ4n) is 1.90. The van der Waals surface area contributed by atoms with Crippen LogP contribution in [0.4, 0.5) is 4.79 Å². The molecule has 0 fully saturated rings. The van der Waals surface area contributed by atoms with E-state index in [-0.39, 0.29) is 12.5 Å². The van der Waals surface area contributed by atoms with E-state index in [1.54, 1.807) is 7.05 Å². The molecule has 0 unspecified atom stereocenters. The zero-order valence-electron chi connectivity index (χ0n) is 12.1. The van der Waals surface area contributed by atoms with Gasteiger partial charge in [-0.2, -0.15) is 0 Å². The van der Waals surface area contributed by atoms with Crippen LogP contribution in [0.2, 0.25) is 0 Å². The lowest BCUT2D eigenvalue weighted by atomic mass is 10.1. The molecule has 0 saturated carbocycles. The Labute approximate surface area is 119 Å². The zero-order chi connectivity index (χ0) is 15.0. The molecule has 0 aromatic heterocycles. The maximum Gasteiger partial charge on any atom is 0.317 e. The van der Waals surface area contributed by atoms with Crippen molar-refractivity contribution in [2.45, 2.75) is 26.2 Å². The van der Waals surface area contributed by atoms with E-state index in [0.717, 1.165) is 6.42 Å². The lowest BCUT2D eigenvalue weighted by Gasteiger charge is -2.17. The highest BCUT2D eigenvalue weighted by atomic mass is 16.4. The van der Waals surface area contributed by atoms with Crippen LogP contribution in [-0.4, -0.2) is 42.1 Å². The first kappa shape index (κ1) is 16.0. The third-order valence-corrected chi connectivity index (χ3v) is 3.16. The van der Waals surface area contributed by atoms with E-state index < -0.39 is 5.97 Å². The maximum atomic E-state index is 11.8. The highest BCUT2D eigenvalue weighted by Crippen LogP contribution is 2.06. The molecule has 0 radical (unpaired) electrons. The third kappa shape index (κ3) is 5.73. The lowest BCUT2D eigenvalue weighted by molar-refractivity contribution is -0.137. The number of carboxylic acids is 1. The van der Waals surface area contributed by atoms with E-state index >= 15 is 0 Å². The molecule has 5 heteroatoms. The Kier molecular flexibility index (Phi) is 6.56. The van der Waals surface area contributed by atoms with E-state index in [2.05, 4.69) is 24.4 Å². The summed E-state index contributed by atoms with van der Waals surface area (Å²) in [5, 5.41) is 11.4. The summed E-state index contributed by atoms with van der Waals surface area (Å²) in [6.07, 6.45) is 1.35. The van der Waals surface area contributed by atoms with Crippen LogP contribution in [0.1, 0.15) is 24.0 Å². The second kappa shape index (κ2) is 8.19. The average molecular weight is 278 g/mol. The summed E-state index contributed by atoms with van der Waals surface area (Å²) >= 11 is 0. The summed E-state index contributed by atoms with van der Waals surface area (Å²) in [5.41, 5.74) is 2.44. The van der Waals surface area contributed by atoms with Crippen molar-refractivity contribution in [2.75, 3.05) is 20.1 Å². The van der Waals surface area contributed by atoms with Crippen molar-refractivity contribution < 1.29 is 14.7 Å². The van der Waals surface area contributed by atoms with Crippen LogP contribution in [0.3, 0.4) is 0 Å². The number of amides is 2. The van der Waals surface area contributed by atoms with E-state index in [1.807, 2.05) is 12.1 Å². The summed E-state index contributed by atoms with van der Waals surface area (Å²) in [5.74, 6) is -0.835. The molecular formula is C15H22N2O3. The molecule has 0 bridgehead atoms. The summed E-state index contributed by atoms with van der Waals surface area (Å²) in [6, 6.07) is 7.92. The number of hydrogen-bond acceptors (Lipinski definition) is 2. The van der Waals surface area contributed by atoms with Gasteiger partial charge in [-0.15, -0.1) is 0 Å². The number of nitrogens with zero attached hydrogens (tertiary/aromatic N) is 1. The van der Waals surface area contributed by atoms with Crippen molar-refractivity contribution in [3.05, 3.63) is 35.4 Å². The molecule has 0 saturated heterocycles. The molecule has 0 heterocycles. The van der Waals surface area contributed by atoms with Gasteiger partial charge in [0.25, 0.3) is 0 Å². The van der Waals surface area contributed by atoms with Crippen molar-refractivity contribution >= 4 is 12.0 Å². The van der Waals surface area contributed by atoms with Crippen LogP contribution >= 0.6 is 0 Å². The molecule has 0 atom stereocenters. The van der Waals surface area contributed by atoms with Crippen LogP contribution in [0.15, 0.2) is 24.3 Å². The van der Waals surface area contributed by atoms with Crippen molar-refractivity contribution in [1.82, 2.24) is 10.2 Å². The van der Waals surface area contributed by atoms with Crippen LogP contribution < -0.4 is 5.32 Å². The Morgan fingerprint density at radius 1 is 1.30 bits per heavy atom. The van der Waals surface area contributed by atoms with Gasteiger partial charge in [0, 0.05) is 26.6 Å². The lowest BCUT2D eigenvalue weighted by Crippen LogP contribution is -2.38. The average Bonchev–Trinajstić information content (AvgIpc) is 2.40. The Morgan fingerprint density at radius 2 is 2.00 bits per heavy atom. The number of hydrogen-bond donors (Lipinski definition) is 2. The van der Waals surface area contributed by atoms with E-state index in [1.165, 1.54) is 16.0 Å². The molecule has 1 aromatic carbocycles. The van der Waals surface area contributed by atoms with Gasteiger partial charge in [-0.3, -0.25) is 4.79 Å². The van der Waals surface area contributed by atoms with Crippen molar-refractivity contribution in [3.8, 4) is 0 Å². The summed E-state index contributed by atoms with van der Waals surface area (Å²) in [4.78, 5) is 23.7. The SMILES string of the molecule is Cc1ccccc1CCNC(=O)N(C)CCCC(=O)O. The van der Waals surface area contributed by atoms with Gasteiger partial charge in [0.1, 0.15) is 0 Å². The fraction of sp³-hybridized carbons (Fsp3) is 0.467. The first-order valence-electron chi connectivity index (χ1n) is 6.76. The minimum absolute atomic E-state index is 0.0842. The number of aliphatic carboxylic acids is 1. The number of benzene rings is 1. The van der Waals surface area contributed by atoms with Gasteiger partial charge in [0.05, 0.1) is 0 Å². The van der Waals surface area contributed by atoms with Gasteiger partial charge in [0.2, 0.25) is 0 Å². The minimum Gasteiger partial charge on any atom is -0.481 e. The predicted molar refractivity (Wildman–Crippen MR) is 77.8 cm³/mol. The van der Waals surface area contributed by atoms with Crippen LogP contribution in [-0.2, 0) is 11.2 Å². The molecule has 1 rings (SSSR count). The monoisotopic (exact) mass is 278 g/mol. The highest BCUT2D eigenvalue weighted by Gasteiger charge is 2.08. The Morgan fingerprint density at radius 3 is 2.65 bits per heavy atom. The minimum atomic E-state index is -0.835. The molecule has 0 aliphatic heterocycles. The largest absolute Gasteiger partial charge is 0.481 e. The number of aryl methyl sites for hydroxylation is 1. The first-order chi connectivity index (χ1) is 9.50. The van der Waals surface area contributed by atoms with Crippen LogP contribution in [0.25, 0.3) is 0 Å². The molecule has 1 aromatic rings. The standard InChI is InChI=1S/C15H22N2O3/c1-12-6-3-4-7-13(12)9-10-16-15(20)17(2)11-5-8-14(18)19/h3-4,6-7H,5,8-11H2,1-2H3,(H,16,20)(H,18,19). The van der Waals surface area contributed by atoms with Crippen molar-refractivity contribution in [1.29, 1.82) is 0 Å². The number of carboxylic acid groups (broad SMARTS) is 1. The predicted octanol–water partition coefficient (Wildman–Crippen LogP) is 2.04. The molecular weight excluding hydrogens is 256 g/mol. The second-order valence-corrected chi connectivity index (χ2v) is 4.83. The Hall–Kier alpha value is -2.04. The number of carbonyl (C=O) groups excluding carboxylic acids is 1. The molecule has 0 aliphatic rings. The summed E-state index contributed by atoms with van der Waals surface area (Å²) < 4.78 is 0. The zero-order valence-corrected chi connectivity index (χ0v) is 12.1. The number of nitrogens with one attached hydrogen (secondary N) is 1. The fourth-order valence-corrected chi connectivity index (χ4v) is 1.90. The van der Waals surface area contributed by atoms with Crippen LogP contribution in [0.5, 0.6) is 0 Å². The topological polar surface area (TPSA) is 69.6 Å². The Bertz CT molecular complexity index is 460. The smallest absolute Gasteiger partial charge is 0.317 e. The quantitative estimate of drug-likeness (QED) is 0.802. The normalized spacial score (nSPS) is 10.1. The second-order valence-electron chi connectivity index (χ2n) is 4.83. The number of rotatable bonds is 7. The molecule has 0 spiro atoms. The first-order valence-corrected chi connectivity index (χ1v) is 6.76. The molecule has 20 heavy (non-hydrogen) atoms. The van der Waals surface area contributed by atoms with Crippen molar-refractivity contribution in [2.24, 2.45) is 0 Å². The molecule has 2 amide bonds. The number of carbonyl (C=O) groups is 2. The van der Waals surface area contributed by atoms with Gasteiger partial charge in [0.15, 0.2) is 0 Å². The molecule has 5 nitrogen and oxygen atoms in total. The van der Waals surface area contributed by atoms with Gasteiger partial charge in [-0.25, -0.2) is 4.79 Å². The highest BCUT2D eigenvalue weighted by molar-refractivity contribution is 5.74. The maximum absolute atomic E-state index is 11.8. The summed E-state index contributed by atoms with van der Waals surface area (Å²) in [6.45, 7) is 3.07. The third-order valence-electron chi connectivity index (χ3n) is 3.16. The summed E-state index contributed by atoms with van der Waals surface area (Å²) in [7, 11) is 1.67. The van der Waals surface area contributed by atoms with Gasteiger partial charge in [-0.1, -0.05) is 24.3 Å². The molecule has 110 valence electrons. The van der Waals surface area contributed by atoms with E-state index in [9.17, 15) is 9.59 Å².